The van der Waals surface area contributed by atoms with Crippen molar-refractivity contribution >= 4 is 23.2 Å². The minimum absolute atomic E-state index is 0.0240. The van der Waals surface area contributed by atoms with E-state index in [1.165, 1.54) is 10.9 Å². The summed E-state index contributed by atoms with van der Waals surface area (Å²) in [6.45, 7) is 3.03. The number of carbonyl (C=O) groups is 1. The highest BCUT2D eigenvalue weighted by Crippen LogP contribution is 2.30. The van der Waals surface area contributed by atoms with Crippen molar-refractivity contribution in [2.24, 2.45) is 5.92 Å². The van der Waals surface area contributed by atoms with Crippen molar-refractivity contribution in [3.05, 3.63) is 21.6 Å². The van der Waals surface area contributed by atoms with Crippen LogP contribution in [-0.2, 0) is 11.3 Å². The quantitative estimate of drug-likeness (QED) is 0.812. The maximum atomic E-state index is 12.1. The standard InChI is InChI=1S/C12H17ClN4O2/c1-2-14-10(18)6-15-11-9(13)5-16-17(12(11)19)7-8-3-4-8/h5,8,15H,2-4,6-7H2,1H3,(H,14,18). The molecule has 2 rings (SSSR count). The molecule has 0 unspecified atom stereocenters. The monoisotopic (exact) mass is 284 g/mol. The molecular weight excluding hydrogens is 268 g/mol. The fourth-order valence-corrected chi connectivity index (χ4v) is 1.92. The fourth-order valence-electron chi connectivity index (χ4n) is 1.73. The third-order valence-corrected chi connectivity index (χ3v) is 3.21. The van der Waals surface area contributed by atoms with E-state index in [0.717, 1.165) is 12.8 Å². The molecule has 1 aromatic heterocycles. The first-order chi connectivity index (χ1) is 9.11. The van der Waals surface area contributed by atoms with Crippen LogP contribution < -0.4 is 16.2 Å². The Hall–Kier alpha value is -1.56. The third-order valence-electron chi connectivity index (χ3n) is 2.93. The molecule has 6 nitrogen and oxygen atoms in total. The van der Waals surface area contributed by atoms with E-state index < -0.39 is 0 Å². The Balaban J connectivity index is 2.09. The van der Waals surface area contributed by atoms with Gasteiger partial charge in [-0.2, -0.15) is 5.10 Å². The second kappa shape index (κ2) is 6.06. The average molecular weight is 285 g/mol. The Kier molecular flexibility index (Phi) is 4.42. The lowest BCUT2D eigenvalue weighted by molar-refractivity contribution is -0.119. The van der Waals surface area contributed by atoms with E-state index in [9.17, 15) is 9.59 Å². The average Bonchev–Trinajstić information content (AvgIpc) is 3.17. The number of hydrogen-bond acceptors (Lipinski definition) is 4. The largest absolute Gasteiger partial charge is 0.370 e. The van der Waals surface area contributed by atoms with Crippen LogP contribution in [0.5, 0.6) is 0 Å². The molecule has 1 heterocycles. The smallest absolute Gasteiger partial charge is 0.291 e. The van der Waals surface area contributed by atoms with Crippen molar-refractivity contribution in [1.29, 1.82) is 0 Å². The molecule has 2 N–H and O–H groups in total. The first-order valence-electron chi connectivity index (χ1n) is 6.38. The summed E-state index contributed by atoms with van der Waals surface area (Å²) >= 11 is 5.94. The minimum atomic E-state index is -0.274. The summed E-state index contributed by atoms with van der Waals surface area (Å²) in [6, 6.07) is 0. The second-order valence-corrected chi connectivity index (χ2v) is 5.01. The van der Waals surface area contributed by atoms with Gasteiger partial charge in [0.2, 0.25) is 5.91 Å². The van der Waals surface area contributed by atoms with Crippen molar-refractivity contribution < 1.29 is 4.79 Å². The van der Waals surface area contributed by atoms with Gasteiger partial charge in [-0.15, -0.1) is 0 Å². The van der Waals surface area contributed by atoms with Gasteiger partial charge in [-0.3, -0.25) is 9.59 Å². The molecule has 0 aliphatic heterocycles. The van der Waals surface area contributed by atoms with Crippen molar-refractivity contribution in [2.75, 3.05) is 18.4 Å². The molecular formula is C12H17ClN4O2. The van der Waals surface area contributed by atoms with Crippen molar-refractivity contribution in [1.82, 2.24) is 15.1 Å². The fraction of sp³-hybridized carbons (Fsp3) is 0.583. The van der Waals surface area contributed by atoms with E-state index in [2.05, 4.69) is 15.7 Å². The van der Waals surface area contributed by atoms with Crippen LogP contribution in [0, 0.1) is 5.92 Å². The molecule has 0 bridgehead atoms. The minimum Gasteiger partial charge on any atom is -0.370 e. The number of hydrogen-bond donors (Lipinski definition) is 2. The molecule has 0 atom stereocenters. The molecule has 1 amide bonds. The predicted octanol–water partition coefficient (Wildman–Crippen LogP) is 0.855. The van der Waals surface area contributed by atoms with Gasteiger partial charge >= 0.3 is 0 Å². The number of rotatable bonds is 6. The van der Waals surface area contributed by atoms with Crippen molar-refractivity contribution in [3.63, 3.8) is 0 Å². The highest BCUT2D eigenvalue weighted by molar-refractivity contribution is 6.33. The third kappa shape index (κ3) is 3.70. The first kappa shape index (κ1) is 13.9. The predicted molar refractivity (Wildman–Crippen MR) is 73.4 cm³/mol. The zero-order valence-corrected chi connectivity index (χ0v) is 11.5. The van der Waals surface area contributed by atoms with Crippen LogP contribution in [0.25, 0.3) is 0 Å². The zero-order chi connectivity index (χ0) is 13.8. The maximum absolute atomic E-state index is 12.1. The van der Waals surface area contributed by atoms with Gasteiger partial charge < -0.3 is 10.6 Å². The van der Waals surface area contributed by atoms with Gasteiger partial charge in [0.25, 0.3) is 5.56 Å². The molecule has 0 spiro atoms. The number of nitrogens with one attached hydrogen (secondary N) is 2. The molecule has 0 aromatic carbocycles. The van der Waals surface area contributed by atoms with E-state index in [1.54, 1.807) is 0 Å². The lowest BCUT2D eigenvalue weighted by Gasteiger charge is -2.10. The van der Waals surface area contributed by atoms with Crippen LogP contribution >= 0.6 is 11.6 Å². The molecule has 0 saturated heterocycles. The van der Waals surface area contributed by atoms with Crippen LogP contribution in [0.1, 0.15) is 19.8 Å². The van der Waals surface area contributed by atoms with Crippen molar-refractivity contribution in [3.8, 4) is 0 Å². The number of likely N-dealkylation sites (N-methyl/N-ethyl adjacent to an activating group) is 1. The molecule has 1 fully saturated rings. The van der Waals surface area contributed by atoms with E-state index >= 15 is 0 Å². The van der Waals surface area contributed by atoms with Crippen molar-refractivity contribution in [2.45, 2.75) is 26.3 Å². The lowest BCUT2D eigenvalue weighted by Crippen LogP contribution is -2.33. The Labute approximate surface area is 116 Å². The molecule has 19 heavy (non-hydrogen) atoms. The highest BCUT2D eigenvalue weighted by Gasteiger charge is 2.23. The molecule has 0 radical (unpaired) electrons. The molecule has 1 saturated carbocycles. The van der Waals surface area contributed by atoms with Gasteiger partial charge in [-0.25, -0.2) is 4.68 Å². The zero-order valence-electron chi connectivity index (χ0n) is 10.8. The topological polar surface area (TPSA) is 76.0 Å². The van der Waals surface area contributed by atoms with Crippen LogP contribution in [0.2, 0.25) is 5.02 Å². The Morgan fingerprint density at radius 1 is 1.58 bits per heavy atom. The summed E-state index contributed by atoms with van der Waals surface area (Å²) in [6.07, 6.45) is 3.71. The van der Waals surface area contributed by atoms with Gasteiger partial charge in [0.05, 0.1) is 17.8 Å². The number of carbonyl (C=O) groups excluding carboxylic acids is 1. The number of amides is 1. The summed E-state index contributed by atoms with van der Waals surface area (Å²) in [5.74, 6) is 0.367. The molecule has 1 aliphatic carbocycles. The first-order valence-corrected chi connectivity index (χ1v) is 6.75. The summed E-state index contributed by atoms with van der Waals surface area (Å²) in [5.41, 5.74) is -0.0349. The van der Waals surface area contributed by atoms with Crippen LogP contribution in [0.15, 0.2) is 11.0 Å². The Bertz CT molecular complexity index is 525. The van der Waals surface area contributed by atoms with Gasteiger partial charge in [0, 0.05) is 13.1 Å². The number of anilines is 1. The van der Waals surface area contributed by atoms with E-state index in [4.69, 9.17) is 11.6 Å². The van der Waals surface area contributed by atoms with Gasteiger partial charge in [-0.05, 0) is 25.7 Å². The van der Waals surface area contributed by atoms with E-state index in [-0.39, 0.29) is 28.7 Å². The highest BCUT2D eigenvalue weighted by atomic mass is 35.5. The number of halogens is 1. The van der Waals surface area contributed by atoms with Crippen LogP contribution in [0.3, 0.4) is 0 Å². The molecule has 1 aliphatic rings. The van der Waals surface area contributed by atoms with Gasteiger partial charge in [-0.1, -0.05) is 11.6 Å². The lowest BCUT2D eigenvalue weighted by atomic mass is 10.4. The summed E-state index contributed by atoms with van der Waals surface area (Å²) in [4.78, 5) is 23.5. The number of aromatic nitrogens is 2. The van der Waals surface area contributed by atoms with Gasteiger partial charge in [0.15, 0.2) is 0 Å². The molecule has 7 heteroatoms. The maximum Gasteiger partial charge on any atom is 0.291 e. The molecule has 104 valence electrons. The van der Waals surface area contributed by atoms with E-state index in [1.807, 2.05) is 6.92 Å². The van der Waals surface area contributed by atoms with E-state index in [0.29, 0.717) is 19.0 Å². The normalized spacial score (nSPS) is 14.2. The van der Waals surface area contributed by atoms with Crippen LogP contribution in [-0.4, -0.2) is 28.8 Å². The van der Waals surface area contributed by atoms with Gasteiger partial charge in [0.1, 0.15) is 5.69 Å². The SMILES string of the molecule is CCNC(=O)CNc1c(Cl)cnn(CC2CC2)c1=O. The van der Waals surface area contributed by atoms with Crippen LogP contribution in [0.4, 0.5) is 5.69 Å². The summed E-state index contributed by atoms with van der Waals surface area (Å²) in [7, 11) is 0. The Morgan fingerprint density at radius 2 is 2.32 bits per heavy atom. The molecule has 1 aromatic rings. The summed E-state index contributed by atoms with van der Waals surface area (Å²) in [5, 5.41) is 9.68. The Morgan fingerprint density at radius 3 is 2.95 bits per heavy atom. The summed E-state index contributed by atoms with van der Waals surface area (Å²) < 4.78 is 1.41. The number of nitrogens with zero attached hydrogens (tertiary/aromatic N) is 2. The second-order valence-electron chi connectivity index (χ2n) is 4.61.